The average molecular weight is 380 g/mol. The van der Waals surface area contributed by atoms with Crippen molar-refractivity contribution >= 4 is 29.7 Å². The van der Waals surface area contributed by atoms with E-state index in [0.29, 0.717) is 16.7 Å². The number of rotatable bonds is 3. The molecule has 1 saturated heterocycles. The van der Waals surface area contributed by atoms with Gasteiger partial charge in [0.2, 0.25) is 0 Å². The van der Waals surface area contributed by atoms with E-state index < -0.39 is 0 Å². The number of aromatic nitrogens is 1. The van der Waals surface area contributed by atoms with Gasteiger partial charge in [0.15, 0.2) is 0 Å². The summed E-state index contributed by atoms with van der Waals surface area (Å²) < 4.78 is 5.17. The lowest BCUT2D eigenvalue weighted by Crippen LogP contribution is -2.33. The molecule has 0 spiro atoms. The highest BCUT2D eigenvalue weighted by Gasteiger charge is 2.42. The second kappa shape index (κ2) is 7.32. The van der Waals surface area contributed by atoms with Crippen LogP contribution in [-0.4, -0.2) is 42.0 Å². The predicted molar refractivity (Wildman–Crippen MR) is 101 cm³/mol. The van der Waals surface area contributed by atoms with Gasteiger partial charge in [0.05, 0.1) is 13.3 Å². The van der Waals surface area contributed by atoms with Crippen LogP contribution in [0.4, 0.5) is 0 Å². The first-order chi connectivity index (χ1) is 11.7. The lowest BCUT2D eigenvalue weighted by atomic mass is 9.98. The molecule has 25 heavy (non-hydrogen) atoms. The van der Waals surface area contributed by atoms with Crippen LogP contribution < -0.4 is 10.5 Å². The van der Waals surface area contributed by atoms with Gasteiger partial charge < -0.3 is 15.4 Å². The first kappa shape index (κ1) is 18.2. The Hall–Kier alpha value is -1.63. The summed E-state index contributed by atoms with van der Waals surface area (Å²) in [5, 5.41) is 0.858. The molecule has 0 bridgehead atoms. The summed E-state index contributed by atoms with van der Waals surface area (Å²) in [6.45, 7) is 1.63. The monoisotopic (exact) mass is 379 g/mol. The van der Waals surface area contributed by atoms with E-state index in [9.17, 15) is 4.79 Å². The molecule has 1 aromatic carbocycles. The quantitative estimate of drug-likeness (QED) is 0.889. The van der Waals surface area contributed by atoms with Crippen molar-refractivity contribution in [2.45, 2.75) is 18.9 Å². The third kappa shape index (κ3) is 3.38. The minimum atomic E-state index is 0. The van der Waals surface area contributed by atoms with Crippen molar-refractivity contribution in [2.24, 2.45) is 17.6 Å². The number of nitrogens with zero attached hydrogens (tertiary/aromatic N) is 2. The second-order valence-electron chi connectivity index (χ2n) is 6.63. The first-order valence-corrected chi connectivity index (χ1v) is 9.12. The van der Waals surface area contributed by atoms with Gasteiger partial charge in [-0.05, 0) is 48.9 Å². The second-order valence-corrected chi connectivity index (χ2v) is 7.66. The summed E-state index contributed by atoms with van der Waals surface area (Å²) in [5.41, 5.74) is 7.17. The van der Waals surface area contributed by atoms with E-state index in [1.165, 1.54) is 11.3 Å². The number of likely N-dealkylation sites (tertiary alicyclic amines) is 1. The van der Waals surface area contributed by atoms with Crippen molar-refractivity contribution < 1.29 is 9.53 Å². The van der Waals surface area contributed by atoms with Crippen LogP contribution in [-0.2, 0) is 0 Å². The van der Waals surface area contributed by atoms with Crippen molar-refractivity contribution in [2.75, 3.05) is 20.2 Å². The number of hydrogen-bond donors (Lipinski definition) is 1. The van der Waals surface area contributed by atoms with Crippen LogP contribution in [0.5, 0.6) is 5.75 Å². The van der Waals surface area contributed by atoms with E-state index in [4.69, 9.17) is 10.5 Å². The lowest BCUT2D eigenvalue weighted by molar-refractivity contribution is 0.0784. The van der Waals surface area contributed by atoms with Gasteiger partial charge in [-0.25, -0.2) is 4.98 Å². The number of benzene rings is 1. The number of carbonyl (C=O) groups is 1. The van der Waals surface area contributed by atoms with Gasteiger partial charge in [-0.2, -0.15) is 0 Å². The number of amides is 1. The van der Waals surface area contributed by atoms with Crippen molar-refractivity contribution in [3.05, 3.63) is 35.3 Å². The standard InChI is InChI=1S/C18H21N3O2S.ClH/c1-23-13-5-2-11(3-6-13)17-20-8-16(24-17)18(22)21-9-12-4-7-15(19)14(12)10-21;/h2-3,5-6,8,12,14-15H,4,7,9-10,19H2,1H3;1H. The smallest absolute Gasteiger partial charge is 0.265 e. The summed E-state index contributed by atoms with van der Waals surface area (Å²) in [7, 11) is 1.65. The number of nitrogens with two attached hydrogens (primary N) is 1. The van der Waals surface area contributed by atoms with Gasteiger partial charge in [0.1, 0.15) is 15.6 Å². The summed E-state index contributed by atoms with van der Waals surface area (Å²) in [6, 6.07) is 7.99. The number of hydrogen-bond acceptors (Lipinski definition) is 5. The fraction of sp³-hybridized carbons (Fsp3) is 0.444. The van der Waals surface area contributed by atoms with Gasteiger partial charge in [-0.3, -0.25) is 4.79 Å². The van der Waals surface area contributed by atoms with E-state index in [1.54, 1.807) is 13.3 Å². The van der Waals surface area contributed by atoms with Crippen molar-refractivity contribution in [1.29, 1.82) is 0 Å². The van der Waals surface area contributed by atoms with E-state index in [0.717, 1.165) is 42.3 Å². The number of carbonyl (C=O) groups excluding carboxylic acids is 1. The normalized spacial score (nSPS) is 24.7. The largest absolute Gasteiger partial charge is 0.497 e. The topological polar surface area (TPSA) is 68.5 Å². The molecule has 2 heterocycles. The maximum absolute atomic E-state index is 12.8. The van der Waals surface area contributed by atoms with Gasteiger partial charge in [-0.1, -0.05) is 0 Å². The Kier molecular flexibility index (Phi) is 5.32. The molecule has 1 amide bonds. The third-order valence-electron chi connectivity index (χ3n) is 5.25. The van der Waals surface area contributed by atoms with E-state index >= 15 is 0 Å². The molecular weight excluding hydrogens is 358 g/mol. The van der Waals surface area contributed by atoms with Gasteiger partial charge in [0.25, 0.3) is 5.91 Å². The number of ether oxygens (including phenoxy) is 1. The molecule has 1 aliphatic carbocycles. The predicted octanol–water partition coefficient (Wildman–Crippen LogP) is 3.05. The molecule has 2 fully saturated rings. The van der Waals surface area contributed by atoms with Gasteiger partial charge in [0, 0.05) is 24.7 Å². The van der Waals surface area contributed by atoms with Gasteiger partial charge >= 0.3 is 0 Å². The van der Waals surface area contributed by atoms with E-state index in [-0.39, 0.29) is 24.4 Å². The Labute approximate surface area is 157 Å². The Bertz CT molecular complexity index is 749. The maximum atomic E-state index is 12.8. The minimum absolute atomic E-state index is 0. The third-order valence-corrected chi connectivity index (χ3v) is 6.29. The first-order valence-electron chi connectivity index (χ1n) is 8.31. The van der Waals surface area contributed by atoms with Crippen LogP contribution in [0.3, 0.4) is 0 Å². The SMILES string of the molecule is COc1ccc(-c2ncc(C(=O)N3CC4CCC(N)C4C3)s2)cc1.Cl. The molecular formula is C18H22ClN3O2S. The van der Waals surface area contributed by atoms with Crippen molar-refractivity contribution in [3.63, 3.8) is 0 Å². The molecule has 4 rings (SSSR count). The summed E-state index contributed by atoms with van der Waals surface area (Å²) in [4.78, 5) is 19.9. The molecule has 3 unspecified atom stereocenters. The molecule has 2 aromatic rings. The zero-order valence-electron chi connectivity index (χ0n) is 14.1. The highest BCUT2D eigenvalue weighted by atomic mass is 35.5. The molecule has 1 aliphatic heterocycles. The number of methoxy groups -OCH3 is 1. The molecule has 2 N–H and O–H groups in total. The molecule has 1 saturated carbocycles. The summed E-state index contributed by atoms with van der Waals surface area (Å²) in [6.07, 6.45) is 3.94. The highest BCUT2D eigenvalue weighted by Crippen LogP contribution is 2.38. The van der Waals surface area contributed by atoms with Crippen LogP contribution in [0.15, 0.2) is 30.5 Å². The van der Waals surface area contributed by atoms with E-state index in [2.05, 4.69) is 4.98 Å². The summed E-state index contributed by atoms with van der Waals surface area (Å²) in [5.74, 6) is 1.96. The molecule has 2 aliphatic rings. The highest BCUT2D eigenvalue weighted by molar-refractivity contribution is 7.16. The number of halogens is 1. The summed E-state index contributed by atoms with van der Waals surface area (Å²) >= 11 is 1.45. The van der Waals surface area contributed by atoms with Crippen LogP contribution >= 0.6 is 23.7 Å². The van der Waals surface area contributed by atoms with E-state index in [1.807, 2.05) is 29.2 Å². The van der Waals surface area contributed by atoms with Crippen molar-refractivity contribution in [1.82, 2.24) is 9.88 Å². The number of fused-ring (bicyclic) bond motifs is 1. The Balaban J connectivity index is 0.00000182. The maximum Gasteiger partial charge on any atom is 0.265 e. The molecule has 5 nitrogen and oxygen atoms in total. The minimum Gasteiger partial charge on any atom is -0.497 e. The fourth-order valence-electron chi connectivity index (χ4n) is 3.87. The Morgan fingerprint density at radius 2 is 2.04 bits per heavy atom. The Morgan fingerprint density at radius 1 is 1.28 bits per heavy atom. The van der Waals surface area contributed by atoms with Crippen LogP contribution in [0.2, 0.25) is 0 Å². The molecule has 3 atom stereocenters. The lowest BCUT2D eigenvalue weighted by Gasteiger charge is -2.17. The number of thiazole rings is 1. The fourth-order valence-corrected chi connectivity index (χ4v) is 4.76. The zero-order chi connectivity index (χ0) is 16.7. The van der Waals surface area contributed by atoms with Crippen LogP contribution in [0.1, 0.15) is 22.5 Å². The van der Waals surface area contributed by atoms with Gasteiger partial charge in [-0.15, -0.1) is 23.7 Å². The molecule has 1 aromatic heterocycles. The molecule has 134 valence electrons. The molecule has 0 radical (unpaired) electrons. The van der Waals surface area contributed by atoms with Crippen LogP contribution in [0, 0.1) is 11.8 Å². The zero-order valence-corrected chi connectivity index (χ0v) is 15.7. The van der Waals surface area contributed by atoms with Crippen molar-refractivity contribution in [3.8, 4) is 16.3 Å². The average Bonchev–Trinajstić information content (AvgIpc) is 3.32. The van der Waals surface area contributed by atoms with Crippen LogP contribution in [0.25, 0.3) is 10.6 Å². The Morgan fingerprint density at radius 3 is 2.72 bits per heavy atom. The molecule has 7 heteroatoms.